The number of ether oxygens (including phenoxy) is 1. The zero-order chi connectivity index (χ0) is 25.0. The van der Waals surface area contributed by atoms with Crippen LogP contribution in [-0.2, 0) is 4.74 Å². The number of H-pyrrole nitrogens is 1. The summed E-state index contributed by atoms with van der Waals surface area (Å²) in [6.07, 6.45) is 4.28. The quantitative estimate of drug-likeness (QED) is 0.481. The number of aryl methyl sites for hydroxylation is 1. The standard InChI is InChI=1S/C26H33F3N4O/c1-7-19-9-8-10-22(26(27,28)29)33-24(19)21-14-30-18(6)20(21)13-16(4)25-32-17(5)11-12-23(34-25)31-15(2)3/h8,10,13-15,17,30H,7,9,11-12H2,1-6H3. The van der Waals surface area contributed by atoms with Gasteiger partial charge in [-0.25, -0.2) is 9.98 Å². The predicted octanol–water partition coefficient (Wildman–Crippen LogP) is 7.22. The summed E-state index contributed by atoms with van der Waals surface area (Å²) in [5.41, 5.74) is 3.34. The van der Waals surface area contributed by atoms with E-state index in [4.69, 9.17) is 9.73 Å². The molecule has 3 rings (SSSR count). The third-order valence-corrected chi connectivity index (χ3v) is 5.74. The molecule has 0 saturated carbocycles. The molecule has 34 heavy (non-hydrogen) atoms. The molecule has 0 fully saturated rings. The summed E-state index contributed by atoms with van der Waals surface area (Å²) < 4.78 is 46.7. The third kappa shape index (κ3) is 6.15. The summed E-state index contributed by atoms with van der Waals surface area (Å²) in [5, 5.41) is 0. The first-order valence-electron chi connectivity index (χ1n) is 11.7. The van der Waals surface area contributed by atoms with Crippen LogP contribution in [0.4, 0.5) is 13.2 Å². The number of halogens is 3. The van der Waals surface area contributed by atoms with Gasteiger partial charge in [0.2, 0.25) is 5.90 Å². The van der Waals surface area contributed by atoms with Crippen LogP contribution in [0.3, 0.4) is 0 Å². The molecule has 0 radical (unpaired) electrons. The normalized spacial score (nSPS) is 21.4. The van der Waals surface area contributed by atoms with Gasteiger partial charge in [0, 0.05) is 41.1 Å². The Labute approximate surface area is 199 Å². The topological polar surface area (TPSA) is 62.1 Å². The second-order valence-corrected chi connectivity index (χ2v) is 9.02. The van der Waals surface area contributed by atoms with Crippen molar-refractivity contribution in [1.82, 2.24) is 4.98 Å². The molecule has 0 saturated heterocycles. The summed E-state index contributed by atoms with van der Waals surface area (Å²) in [6, 6.07) is 0.183. The summed E-state index contributed by atoms with van der Waals surface area (Å²) in [7, 11) is 0. The number of nitrogens with one attached hydrogen (secondary N) is 1. The van der Waals surface area contributed by atoms with Crippen molar-refractivity contribution in [3.63, 3.8) is 0 Å². The van der Waals surface area contributed by atoms with Crippen molar-refractivity contribution < 1.29 is 17.9 Å². The molecule has 0 amide bonds. The maximum atomic E-state index is 13.5. The van der Waals surface area contributed by atoms with Gasteiger partial charge in [0.05, 0.1) is 11.7 Å². The molecular weight excluding hydrogens is 441 g/mol. The lowest BCUT2D eigenvalue weighted by molar-refractivity contribution is -0.0576. The lowest BCUT2D eigenvalue weighted by Crippen LogP contribution is -2.20. The number of aliphatic imine (C=N–C) groups is 3. The van der Waals surface area contributed by atoms with E-state index in [9.17, 15) is 13.2 Å². The number of rotatable bonds is 5. The van der Waals surface area contributed by atoms with Crippen LogP contribution in [0.15, 0.2) is 44.5 Å². The molecule has 0 bridgehead atoms. The van der Waals surface area contributed by atoms with Crippen molar-refractivity contribution >= 4 is 29.3 Å². The van der Waals surface area contributed by atoms with E-state index in [0.29, 0.717) is 42.3 Å². The molecule has 3 heterocycles. The van der Waals surface area contributed by atoms with Crippen molar-refractivity contribution in [2.24, 2.45) is 15.0 Å². The highest BCUT2D eigenvalue weighted by Crippen LogP contribution is 2.34. The average Bonchev–Trinajstić information content (AvgIpc) is 2.92. The molecule has 8 heteroatoms. The van der Waals surface area contributed by atoms with Crippen molar-refractivity contribution in [3.05, 3.63) is 46.3 Å². The molecule has 184 valence electrons. The van der Waals surface area contributed by atoms with Crippen molar-refractivity contribution in [2.75, 3.05) is 0 Å². The van der Waals surface area contributed by atoms with E-state index in [2.05, 4.69) is 15.0 Å². The van der Waals surface area contributed by atoms with Crippen LogP contribution in [-0.4, -0.2) is 40.8 Å². The number of alkyl halides is 3. The number of aromatic nitrogens is 1. The van der Waals surface area contributed by atoms with E-state index in [0.717, 1.165) is 34.9 Å². The first-order valence-corrected chi connectivity index (χ1v) is 11.7. The minimum absolute atomic E-state index is 0.0753. The zero-order valence-corrected chi connectivity index (χ0v) is 20.7. The highest BCUT2D eigenvalue weighted by atomic mass is 19.4. The first kappa shape index (κ1) is 25.7. The summed E-state index contributed by atoms with van der Waals surface area (Å²) in [5.74, 6) is 1.14. The predicted molar refractivity (Wildman–Crippen MR) is 133 cm³/mol. The number of hydrogen-bond acceptors (Lipinski definition) is 4. The molecule has 2 aliphatic heterocycles. The van der Waals surface area contributed by atoms with Gasteiger partial charge >= 0.3 is 6.18 Å². The van der Waals surface area contributed by atoms with Crippen LogP contribution in [0, 0.1) is 6.92 Å². The molecule has 1 unspecified atom stereocenters. The lowest BCUT2D eigenvalue weighted by atomic mass is 9.99. The van der Waals surface area contributed by atoms with Crippen molar-refractivity contribution in [3.8, 4) is 0 Å². The molecule has 1 atom stereocenters. The van der Waals surface area contributed by atoms with Gasteiger partial charge in [-0.3, -0.25) is 4.99 Å². The number of nitrogens with zero attached hydrogens (tertiary/aromatic N) is 3. The lowest BCUT2D eigenvalue weighted by Gasteiger charge is -2.13. The Bertz CT molecular complexity index is 1100. The van der Waals surface area contributed by atoms with Gasteiger partial charge in [0.15, 0.2) is 5.90 Å². The Morgan fingerprint density at radius 1 is 1.35 bits per heavy atom. The van der Waals surface area contributed by atoms with E-state index in [1.807, 2.05) is 47.6 Å². The minimum Gasteiger partial charge on any atom is -0.425 e. The maximum Gasteiger partial charge on any atom is 0.433 e. The number of aromatic amines is 1. The second kappa shape index (κ2) is 10.6. The van der Waals surface area contributed by atoms with Crippen LogP contribution in [0.2, 0.25) is 0 Å². The van der Waals surface area contributed by atoms with E-state index >= 15 is 0 Å². The minimum atomic E-state index is -4.52. The molecule has 1 aromatic heterocycles. The van der Waals surface area contributed by atoms with E-state index in [1.165, 1.54) is 6.08 Å². The maximum absolute atomic E-state index is 13.5. The van der Waals surface area contributed by atoms with Crippen LogP contribution in [0.25, 0.3) is 11.8 Å². The summed E-state index contributed by atoms with van der Waals surface area (Å²) >= 11 is 0. The van der Waals surface area contributed by atoms with Gasteiger partial charge in [-0.15, -0.1) is 0 Å². The molecule has 5 nitrogen and oxygen atoms in total. The van der Waals surface area contributed by atoms with Gasteiger partial charge in [-0.1, -0.05) is 13.0 Å². The monoisotopic (exact) mass is 474 g/mol. The molecule has 0 aromatic carbocycles. The van der Waals surface area contributed by atoms with Crippen LogP contribution < -0.4 is 0 Å². The molecule has 1 aromatic rings. The number of allylic oxidation sites excluding steroid dienone is 3. The molecule has 0 spiro atoms. The van der Waals surface area contributed by atoms with Crippen molar-refractivity contribution in [2.45, 2.75) is 85.5 Å². The van der Waals surface area contributed by atoms with Gasteiger partial charge < -0.3 is 9.72 Å². The molecule has 1 N–H and O–H groups in total. The summed E-state index contributed by atoms with van der Waals surface area (Å²) in [4.78, 5) is 16.5. The Morgan fingerprint density at radius 2 is 2.09 bits per heavy atom. The molecule has 2 aliphatic rings. The SMILES string of the molecule is CCC1=C(c2c[nH]c(C)c2C=C(C)C2=NC(C)CCC(=NC(C)C)O2)N=C(C(F)(F)F)C=CC1. The average molecular weight is 475 g/mol. The highest BCUT2D eigenvalue weighted by Gasteiger charge is 2.35. The van der Waals surface area contributed by atoms with Crippen molar-refractivity contribution in [1.29, 1.82) is 0 Å². The Morgan fingerprint density at radius 3 is 2.74 bits per heavy atom. The van der Waals surface area contributed by atoms with E-state index in [-0.39, 0.29) is 12.1 Å². The number of hydrogen-bond donors (Lipinski definition) is 1. The van der Waals surface area contributed by atoms with Gasteiger partial charge in [0.1, 0.15) is 5.71 Å². The molecular formula is C26H33F3N4O. The second-order valence-electron chi connectivity index (χ2n) is 9.02. The summed E-state index contributed by atoms with van der Waals surface area (Å²) in [6.45, 7) is 11.7. The Hall–Kier alpha value is -2.90. The van der Waals surface area contributed by atoms with Crippen LogP contribution in [0.5, 0.6) is 0 Å². The zero-order valence-electron chi connectivity index (χ0n) is 20.7. The van der Waals surface area contributed by atoms with Gasteiger partial charge in [-0.05, 0) is 71.6 Å². The van der Waals surface area contributed by atoms with Crippen LogP contribution >= 0.6 is 0 Å². The fourth-order valence-electron chi connectivity index (χ4n) is 3.91. The van der Waals surface area contributed by atoms with Gasteiger partial charge in [-0.2, -0.15) is 13.2 Å². The van der Waals surface area contributed by atoms with Crippen LogP contribution in [0.1, 0.15) is 77.1 Å². The fourth-order valence-corrected chi connectivity index (χ4v) is 3.91. The molecule has 0 aliphatic carbocycles. The van der Waals surface area contributed by atoms with E-state index in [1.54, 1.807) is 6.20 Å². The fraction of sp³-hybridized carbons (Fsp3) is 0.500. The Balaban J connectivity index is 2.08. The highest BCUT2D eigenvalue weighted by molar-refractivity contribution is 6.06. The smallest absolute Gasteiger partial charge is 0.425 e. The largest absolute Gasteiger partial charge is 0.433 e. The first-order chi connectivity index (χ1) is 16.0. The van der Waals surface area contributed by atoms with E-state index < -0.39 is 11.9 Å². The Kier molecular flexibility index (Phi) is 8.00. The van der Waals surface area contributed by atoms with Gasteiger partial charge in [0.25, 0.3) is 0 Å². The third-order valence-electron chi connectivity index (χ3n) is 5.74.